The van der Waals surface area contributed by atoms with Gasteiger partial charge >= 0.3 is 0 Å². The summed E-state index contributed by atoms with van der Waals surface area (Å²) in [6.45, 7) is 2.95. The lowest BCUT2D eigenvalue weighted by atomic mass is 10.2. The molecule has 2 aromatic rings. The first kappa shape index (κ1) is 23.2. The van der Waals surface area contributed by atoms with Crippen LogP contribution in [-0.4, -0.2) is 61.8 Å². The minimum atomic E-state index is -0.587. The number of carbonyl (C=O) groups is 2. The third kappa shape index (κ3) is 5.68. The van der Waals surface area contributed by atoms with Crippen LogP contribution in [0.3, 0.4) is 0 Å². The number of thioether (sulfide) groups is 1. The van der Waals surface area contributed by atoms with Crippen molar-refractivity contribution in [1.82, 2.24) is 4.90 Å². The van der Waals surface area contributed by atoms with Crippen molar-refractivity contribution in [2.24, 2.45) is 10.7 Å². The largest absolute Gasteiger partial charge is 0.482 e. The maximum atomic E-state index is 12.7. The van der Waals surface area contributed by atoms with Gasteiger partial charge in [-0.2, -0.15) is 0 Å². The quantitative estimate of drug-likeness (QED) is 0.629. The lowest BCUT2D eigenvalue weighted by molar-refractivity contribution is -0.121. The van der Waals surface area contributed by atoms with E-state index in [2.05, 4.69) is 9.89 Å². The number of nitrogens with two attached hydrogens (primary N) is 1. The van der Waals surface area contributed by atoms with Gasteiger partial charge in [-0.3, -0.25) is 14.5 Å². The molecule has 0 bridgehead atoms. The maximum absolute atomic E-state index is 12.7. The van der Waals surface area contributed by atoms with Crippen LogP contribution in [0.25, 0.3) is 6.08 Å². The number of primary amides is 1. The zero-order valence-corrected chi connectivity index (χ0v) is 19.6. The number of halogens is 1. The van der Waals surface area contributed by atoms with Crippen LogP contribution in [-0.2, 0) is 14.3 Å². The lowest BCUT2D eigenvalue weighted by Crippen LogP contribution is -2.36. The number of benzene rings is 2. The molecule has 0 unspecified atom stereocenters. The van der Waals surface area contributed by atoms with E-state index in [1.54, 1.807) is 31.3 Å². The Morgan fingerprint density at radius 2 is 1.97 bits per heavy atom. The Hall–Kier alpha value is -3.01. The number of nitrogens with zero attached hydrogens (tertiary/aromatic N) is 3. The molecule has 0 aliphatic carbocycles. The zero-order chi connectivity index (χ0) is 23.4. The summed E-state index contributed by atoms with van der Waals surface area (Å²) < 4.78 is 10.7. The van der Waals surface area contributed by atoms with Crippen molar-refractivity contribution in [3.63, 3.8) is 0 Å². The van der Waals surface area contributed by atoms with E-state index < -0.39 is 5.91 Å². The fourth-order valence-corrected chi connectivity index (χ4v) is 4.58. The minimum absolute atomic E-state index is 0.145. The fraction of sp³-hybridized carbons (Fsp3) is 0.261. The molecule has 2 saturated heterocycles. The van der Waals surface area contributed by atoms with Crippen LogP contribution in [0.15, 0.2) is 52.4 Å². The van der Waals surface area contributed by atoms with Crippen LogP contribution < -0.4 is 15.4 Å². The van der Waals surface area contributed by atoms with E-state index in [0.717, 1.165) is 43.2 Å². The Morgan fingerprint density at radius 1 is 1.24 bits per heavy atom. The van der Waals surface area contributed by atoms with Crippen LogP contribution in [0, 0.1) is 0 Å². The molecule has 2 heterocycles. The van der Waals surface area contributed by atoms with Crippen molar-refractivity contribution in [2.45, 2.75) is 0 Å². The van der Waals surface area contributed by atoms with Gasteiger partial charge in [-0.05, 0) is 59.8 Å². The molecule has 4 rings (SSSR count). The summed E-state index contributed by atoms with van der Waals surface area (Å²) in [7, 11) is 1.70. The highest BCUT2D eigenvalue weighted by molar-refractivity contribution is 8.18. The Morgan fingerprint density at radius 3 is 2.64 bits per heavy atom. The smallest absolute Gasteiger partial charge is 0.266 e. The van der Waals surface area contributed by atoms with Gasteiger partial charge < -0.3 is 20.1 Å². The topological polar surface area (TPSA) is 97.5 Å². The average molecular weight is 487 g/mol. The number of hydrogen-bond donors (Lipinski definition) is 1. The molecule has 0 aromatic heterocycles. The first-order chi connectivity index (χ1) is 15.9. The number of anilines is 1. The van der Waals surface area contributed by atoms with Crippen molar-refractivity contribution in [2.75, 3.05) is 44.9 Å². The fourth-order valence-electron chi connectivity index (χ4n) is 3.35. The van der Waals surface area contributed by atoms with Gasteiger partial charge in [0.25, 0.3) is 11.8 Å². The zero-order valence-electron chi connectivity index (χ0n) is 18.0. The van der Waals surface area contributed by atoms with Gasteiger partial charge in [0.1, 0.15) is 5.75 Å². The molecule has 0 spiro atoms. The lowest BCUT2D eigenvalue weighted by Gasteiger charge is -2.28. The average Bonchev–Trinajstić information content (AvgIpc) is 3.07. The second-order valence-electron chi connectivity index (χ2n) is 7.43. The van der Waals surface area contributed by atoms with Gasteiger partial charge in [-0.1, -0.05) is 17.7 Å². The highest BCUT2D eigenvalue weighted by Crippen LogP contribution is 2.34. The molecule has 2 aromatic carbocycles. The number of aliphatic imine (C=N–C) groups is 1. The summed E-state index contributed by atoms with van der Waals surface area (Å²) in [5.74, 6) is -0.382. The standard InChI is InChI=1S/C23H23ClN4O4S/c1-27-22(30)20(13-15-2-7-19(18(24)12-15)32-14-21(25)29)33-23(27)26-16-3-5-17(6-4-16)28-8-10-31-11-9-28/h2-7,12-13H,8-11,14H2,1H3,(H2,25,29). The minimum Gasteiger partial charge on any atom is -0.482 e. The van der Waals surface area contributed by atoms with Crippen molar-refractivity contribution < 1.29 is 19.1 Å². The third-order valence-corrected chi connectivity index (χ3v) is 6.43. The van der Waals surface area contributed by atoms with Crippen molar-refractivity contribution in [1.29, 1.82) is 0 Å². The molecule has 2 aliphatic rings. The van der Waals surface area contributed by atoms with E-state index in [1.807, 2.05) is 24.3 Å². The van der Waals surface area contributed by atoms with E-state index >= 15 is 0 Å². The Kier molecular flexibility index (Phi) is 7.22. The highest BCUT2D eigenvalue weighted by Gasteiger charge is 2.30. The summed E-state index contributed by atoms with van der Waals surface area (Å²) in [6, 6.07) is 13.0. The van der Waals surface area contributed by atoms with E-state index in [-0.39, 0.29) is 12.5 Å². The predicted octanol–water partition coefficient (Wildman–Crippen LogP) is 3.27. The number of amides is 2. The summed E-state index contributed by atoms with van der Waals surface area (Å²) in [4.78, 5) is 32.6. The van der Waals surface area contributed by atoms with E-state index in [1.165, 1.54) is 16.7 Å². The normalized spacial score (nSPS) is 18.9. The van der Waals surface area contributed by atoms with Crippen molar-refractivity contribution in [3.05, 3.63) is 58.0 Å². The number of ether oxygens (including phenoxy) is 2. The molecule has 2 aliphatic heterocycles. The SMILES string of the molecule is CN1C(=O)C(=Cc2ccc(OCC(N)=O)c(Cl)c2)SC1=Nc1ccc(N2CCOCC2)cc1. The number of rotatable bonds is 6. The van der Waals surface area contributed by atoms with Gasteiger partial charge in [0, 0.05) is 25.8 Å². The molecule has 0 radical (unpaired) electrons. The number of hydrogen-bond acceptors (Lipinski definition) is 7. The predicted molar refractivity (Wildman–Crippen MR) is 131 cm³/mol. The van der Waals surface area contributed by atoms with Gasteiger partial charge in [0.15, 0.2) is 11.8 Å². The molecular weight excluding hydrogens is 464 g/mol. The number of likely N-dealkylation sites (N-methyl/N-ethyl adjacent to an activating group) is 1. The number of carbonyl (C=O) groups excluding carboxylic acids is 2. The van der Waals surface area contributed by atoms with Gasteiger partial charge in [0.05, 0.1) is 28.8 Å². The number of amidine groups is 1. The van der Waals surface area contributed by atoms with Crippen LogP contribution in [0.5, 0.6) is 5.75 Å². The molecule has 8 nitrogen and oxygen atoms in total. The van der Waals surface area contributed by atoms with Crippen LogP contribution >= 0.6 is 23.4 Å². The van der Waals surface area contributed by atoms with Crippen molar-refractivity contribution >= 4 is 57.8 Å². The van der Waals surface area contributed by atoms with Gasteiger partial charge in [0.2, 0.25) is 0 Å². The first-order valence-corrected chi connectivity index (χ1v) is 11.5. The molecule has 10 heteroatoms. The summed E-state index contributed by atoms with van der Waals surface area (Å²) in [5, 5.41) is 0.918. The molecule has 2 fully saturated rings. The molecule has 0 atom stereocenters. The highest BCUT2D eigenvalue weighted by atomic mass is 35.5. The van der Waals surface area contributed by atoms with E-state index in [9.17, 15) is 9.59 Å². The molecule has 33 heavy (non-hydrogen) atoms. The van der Waals surface area contributed by atoms with Crippen LogP contribution in [0.4, 0.5) is 11.4 Å². The Labute approximate surface area is 201 Å². The van der Waals surface area contributed by atoms with Crippen molar-refractivity contribution in [3.8, 4) is 5.75 Å². The molecular formula is C23H23ClN4O4S. The monoisotopic (exact) mass is 486 g/mol. The second-order valence-corrected chi connectivity index (χ2v) is 8.85. The maximum Gasteiger partial charge on any atom is 0.266 e. The van der Waals surface area contributed by atoms with E-state index in [0.29, 0.717) is 20.8 Å². The third-order valence-electron chi connectivity index (χ3n) is 5.08. The molecule has 172 valence electrons. The molecule has 2 amide bonds. The first-order valence-electron chi connectivity index (χ1n) is 10.3. The molecule has 0 saturated carbocycles. The Bertz CT molecular complexity index is 1110. The van der Waals surface area contributed by atoms with Crippen LogP contribution in [0.2, 0.25) is 5.02 Å². The summed E-state index contributed by atoms with van der Waals surface area (Å²) >= 11 is 7.52. The van der Waals surface area contributed by atoms with Gasteiger partial charge in [-0.15, -0.1) is 0 Å². The van der Waals surface area contributed by atoms with E-state index in [4.69, 9.17) is 26.8 Å². The number of morpholine rings is 1. The molecule has 2 N–H and O–H groups in total. The summed E-state index contributed by atoms with van der Waals surface area (Å²) in [6.07, 6.45) is 1.75. The Balaban J connectivity index is 1.47. The van der Waals surface area contributed by atoms with Crippen LogP contribution in [0.1, 0.15) is 5.56 Å². The van der Waals surface area contributed by atoms with Gasteiger partial charge in [-0.25, -0.2) is 4.99 Å². The summed E-state index contributed by atoms with van der Waals surface area (Å²) in [5.41, 5.74) is 7.72. The second kappa shape index (κ2) is 10.3.